The Labute approximate surface area is 120 Å². The molecule has 0 saturated heterocycles. The number of ketones is 1. The minimum absolute atomic E-state index is 0.112. The number of non-ortho nitro benzene ring substituents is 1. The van der Waals surface area contributed by atoms with Crippen LogP contribution in [0.4, 0.5) is 5.69 Å². The minimum atomic E-state index is -0.522. The van der Waals surface area contributed by atoms with Crippen molar-refractivity contribution in [3.63, 3.8) is 0 Å². The molecule has 0 heterocycles. The molecule has 0 fully saturated rings. The topological polar surface area (TPSA) is 69.4 Å². The lowest BCUT2D eigenvalue weighted by Gasteiger charge is -2.11. The molecule has 0 aromatic heterocycles. The van der Waals surface area contributed by atoms with Gasteiger partial charge < -0.3 is 4.74 Å². The van der Waals surface area contributed by atoms with Gasteiger partial charge in [0.15, 0.2) is 5.78 Å². The van der Waals surface area contributed by atoms with Crippen LogP contribution in [-0.2, 0) is 0 Å². The van der Waals surface area contributed by atoms with Crippen LogP contribution in [0.2, 0.25) is 0 Å². The van der Waals surface area contributed by atoms with Gasteiger partial charge in [-0.25, -0.2) is 0 Å². The number of unbranched alkanes of at least 4 members (excludes halogenated alkanes) is 1. The molecule has 0 amide bonds. The molecule has 104 valence electrons. The number of nitro groups is 1. The predicted octanol–water partition coefficient (Wildman–Crippen LogP) is 3.74. The average Bonchev–Trinajstić information content (AvgIpc) is 2.42. The Bertz CT molecular complexity index is 476. The van der Waals surface area contributed by atoms with Crippen LogP contribution in [0.1, 0.15) is 36.5 Å². The Hall–Kier alpha value is -1.43. The maximum absolute atomic E-state index is 12.3. The summed E-state index contributed by atoms with van der Waals surface area (Å²) in [6, 6.07) is 4.04. The van der Waals surface area contributed by atoms with Crippen molar-refractivity contribution in [3.8, 4) is 5.75 Å². The van der Waals surface area contributed by atoms with Crippen molar-refractivity contribution in [2.75, 3.05) is 7.11 Å². The summed E-state index contributed by atoms with van der Waals surface area (Å²) >= 11 is 3.33. The molecule has 0 aliphatic heterocycles. The smallest absolute Gasteiger partial charge is 0.270 e. The van der Waals surface area contributed by atoms with Crippen LogP contribution < -0.4 is 4.74 Å². The van der Waals surface area contributed by atoms with E-state index in [0.717, 1.165) is 12.8 Å². The van der Waals surface area contributed by atoms with E-state index in [9.17, 15) is 14.9 Å². The van der Waals surface area contributed by atoms with Crippen molar-refractivity contribution in [3.05, 3.63) is 33.9 Å². The van der Waals surface area contributed by atoms with Gasteiger partial charge in [0.05, 0.1) is 22.4 Å². The molecular weight excluding hydrogens is 314 g/mol. The highest BCUT2D eigenvalue weighted by Crippen LogP contribution is 2.27. The number of ether oxygens (including phenoxy) is 1. The zero-order valence-electron chi connectivity index (χ0n) is 10.9. The van der Waals surface area contributed by atoms with Gasteiger partial charge in [0.1, 0.15) is 5.75 Å². The summed E-state index contributed by atoms with van der Waals surface area (Å²) < 4.78 is 5.09. The molecule has 0 N–H and O–H groups in total. The van der Waals surface area contributed by atoms with Crippen molar-refractivity contribution in [1.82, 2.24) is 0 Å². The Morgan fingerprint density at radius 1 is 1.53 bits per heavy atom. The van der Waals surface area contributed by atoms with E-state index in [2.05, 4.69) is 15.9 Å². The summed E-state index contributed by atoms with van der Waals surface area (Å²) in [5.41, 5.74) is 0.133. The van der Waals surface area contributed by atoms with E-state index in [1.165, 1.54) is 25.3 Å². The van der Waals surface area contributed by atoms with Gasteiger partial charge in [0, 0.05) is 12.1 Å². The van der Waals surface area contributed by atoms with E-state index >= 15 is 0 Å². The number of nitro benzene ring substituents is 1. The lowest BCUT2D eigenvalue weighted by Crippen LogP contribution is -2.15. The molecule has 6 heteroatoms. The van der Waals surface area contributed by atoms with Crippen molar-refractivity contribution in [1.29, 1.82) is 0 Å². The molecule has 0 aliphatic rings. The van der Waals surface area contributed by atoms with Crippen molar-refractivity contribution in [2.24, 2.45) is 0 Å². The first-order valence-corrected chi connectivity index (χ1v) is 6.93. The average molecular weight is 330 g/mol. The van der Waals surface area contributed by atoms with Gasteiger partial charge >= 0.3 is 0 Å². The number of halogens is 1. The molecule has 0 saturated carbocycles. The second kappa shape index (κ2) is 7.23. The molecule has 0 radical (unpaired) electrons. The number of benzene rings is 1. The first-order valence-electron chi connectivity index (χ1n) is 6.02. The summed E-state index contributed by atoms with van der Waals surface area (Å²) in [7, 11) is 1.44. The molecule has 1 aromatic carbocycles. The Morgan fingerprint density at radius 3 is 2.74 bits per heavy atom. The Kier molecular flexibility index (Phi) is 5.95. The number of carbonyl (C=O) groups is 1. The van der Waals surface area contributed by atoms with Gasteiger partial charge in [0.2, 0.25) is 0 Å². The molecule has 5 nitrogen and oxygen atoms in total. The number of carbonyl (C=O) groups excluding carboxylic acids is 1. The molecule has 0 spiro atoms. The third kappa shape index (κ3) is 4.02. The molecule has 1 unspecified atom stereocenters. The number of rotatable bonds is 7. The number of alkyl halides is 1. The van der Waals surface area contributed by atoms with E-state index in [4.69, 9.17) is 4.74 Å². The van der Waals surface area contributed by atoms with Crippen molar-refractivity contribution >= 4 is 27.4 Å². The summed E-state index contributed by atoms with van der Waals surface area (Å²) in [5.74, 6) is 0.172. The lowest BCUT2D eigenvalue weighted by atomic mass is 10.0. The van der Waals surface area contributed by atoms with Crippen molar-refractivity contribution < 1.29 is 14.5 Å². The lowest BCUT2D eigenvalue weighted by molar-refractivity contribution is -0.384. The maximum atomic E-state index is 12.3. The number of methoxy groups -OCH3 is 1. The first-order chi connectivity index (χ1) is 9.01. The minimum Gasteiger partial charge on any atom is -0.496 e. The maximum Gasteiger partial charge on any atom is 0.270 e. The monoisotopic (exact) mass is 329 g/mol. The number of Topliss-reactive ketones (excluding diaryl/α,β-unsaturated/α-hetero) is 1. The zero-order valence-corrected chi connectivity index (χ0v) is 12.5. The quantitative estimate of drug-likeness (QED) is 0.330. The van der Waals surface area contributed by atoms with E-state index < -0.39 is 4.92 Å². The molecule has 0 bridgehead atoms. The Balaban J connectivity index is 3.05. The summed E-state index contributed by atoms with van der Waals surface area (Å²) in [4.78, 5) is 22.1. The van der Waals surface area contributed by atoms with Crippen LogP contribution in [0.25, 0.3) is 0 Å². The highest BCUT2D eigenvalue weighted by Gasteiger charge is 2.22. The highest BCUT2D eigenvalue weighted by atomic mass is 79.9. The normalized spacial score (nSPS) is 11.9. The molecule has 1 rings (SSSR count). The molecule has 0 aliphatic carbocycles. The van der Waals surface area contributed by atoms with Crippen LogP contribution in [-0.4, -0.2) is 22.6 Å². The SMILES string of the molecule is CCCCC(Br)C(=O)c1cc([N+](=O)[O-])ccc1OC. The second-order valence-electron chi connectivity index (χ2n) is 4.12. The summed E-state index contributed by atoms with van der Waals surface area (Å²) in [6.07, 6.45) is 2.60. The fourth-order valence-electron chi connectivity index (χ4n) is 1.69. The van der Waals surface area contributed by atoms with Crippen LogP contribution in [0, 0.1) is 10.1 Å². The number of hydrogen-bond donors (Lipinski definition) is 0. The van der Waals surface area contributed by atoms with Crippen LogP contribution in [0.3, 0.4) is 0 Å². The van der Waals surface area contributed by atoms with Gasteiger partial charge in [-0.05, 0) is 12.5 Å². The number of hydrogen-bond acceptors (Lipinski definition) is 4. The summed E-state index contributed by atoms with van der Waals surface area (Å²) in [5, 5.41) is 10.8. The summed E-state index contributed by atoms with van der Waals surface area (Å²) in [6.45, 7) is 2.04. The highest BCUT2D eigenvalue weighted by molar-refractivity contribution is 9.10. The van der Waals surface area contributed by atoms with Gasteiger partial charge in [-0.15, -0.1) is 0 Å². The van der Waals surface area contributed by atoms with Gasteiger partial charge in [-0.2, -0.15) is 0 Å². The fraction of sp³-hybridized carbons (Fsp3) is 0.462. The van der Waals surface area contributed by atoms with E-state index in [1.807, 2.05) is 6.92 Å². The standard InChI is InChI=1S/C13H16BrNO4/c1-3-4-5-11(14)13(16)10-8-9(15(17)18)6-7-12(10)19-2/h6-8,11H,3-5H2,1-2H3. The van der Waals surface area contributed by atoms with E-state index in [0.29, 0.717) is 12.2 Å². The van der Waals surface area contributed by atoms with Crippen molar-refractivity contribution in [2.45, 2.75) is 31.0 Å². The third-order valence-corrected chi connectivity index (χ3v) is 3.63. The second-order valence-corrected chi connectivity index (χ2v) is 5.22. The zero-order chi connectivity index (χ0) is 14.4. The fourth-order valence-corrected chi connectivity index (χ4v) is 2.26. The van der Waals surface area contributed by atoms with Gasteiger partial charge in [-0.3, -0.25) is 14.9 Å². The largest absolute Gasteiger partial charge is 0.496 e. The van der Waals surface area contributed by atoms with Gasteiger partial charge in [0.25, 0.3) is 5.69 Å². The third-order valence-electron chi connectivity index (χ3n) is 2.75. The predicted molar refractivity (Wildman–Crippen MR) is 76.2 cm³/mol. The molecule has 1 atom stereocenters. The van der Waals surface area contributed by atoms with Crippen LogP contribution >= 0.6 is 15.9 Å². The Morgan fingerprint density at radius 2 is 2.21 bits per heavy atom. The number of nitrogens with zero attached hydrogens (tertiary/aromatic N) is 1. The van der Waals surface area contributed by atoms with E-state index in [1.54, 1.807) is 0 Å². The first kappa shape index (κ1) is 15.6. The van der Waals surface area contributed by atoms with Crippen LogP contribution in [0.5, 0.6) is 5.75 Å². The molecule has 19 heavy (non-hydrogen) atoms. The van der Waals surface area contributed by atoms with Gasteiger partial charge in [-0.1, -0.05) is 35.7 Å². The van der Waals surface area contributed by atoms with E-state index in [-0.39, 0.29) is 21.9 Å². The molecule has 1 aromatic rings. The van der Waals surface area contributed by atoms with Crippen LogP contribution in [0.15, 0.2) is 18.2 Å². The molecular formula is C13H16BrNO4.